The van der Waals surface area contributed by atoms with Crippen molar-refractivity contribution in [1.29, 1.82) is 0 Å². The zero-order valence-corrected chi connectivity index (χ0v) is 27.5. The predicted molar refractivity (Wildman–Crippen MR) is 173 cm³/mol. The Bertz CT molecular complexity index is 1340. The van der Waals surface area contributed by atoms with Gasteiger partial charge in [-0.3, -0.25) is 0 Å². The van der Waals surface area contributed by atoms with Crippen molar-refractivity contribution in [2.75, 3.05) is 12.4 Å². The van der Waals surface area contributed by atoms with Crippen LogP contribution in [-0.2, 0) is 0 Å². The van der Waals surface area contributed by atoms with Gasteiger partial charge in [-0.15, -0.1) is 0 Å². The Balaban J connectivity index is 1.17. The number of nitrogens with zero attached hydrogens (tertiary/aromatic N) is 1. The first-order valence-electron chi connectivity index (χ1n) is 16.9. The Morgan fingerprint density at radius 2 is 1.71 bits per heavy atom. The number of benzene rings is 1. The van der Waals surface area contributed by atoms with Crippen LogP contribution >= 0.6 is 11.8 Å². The van der Waals surface area contributed by atoms with Gasteiger partial charge in [-0.1, -0.05) is 70.7 Å². The van der Waals surface area contributed by atoms with Crippen molar-refractivity contribution < 1.29 is 10.2 Å². The maximum absolute atomic E-state index is 11.0. The molecule has 42 heavy (non-hydrogen) atoms. The number of aromatic amines is 1. The largest absolute Gasteiger partial charge is 0.396 e. The van der Waals surface area contributed by atoms with Gasteiger partial charge in [-0.2, -0.15) is 0 Å². The molecule has 1 aromatic carbocycles. The smallest absolute Gasteiger partial charge is 0.166 e. The normalized spacial score (nSPS) is 46.0. The monoisotopic (exact) mass is 590 g/mol. The molecule has 0 bridgehead atoms. The van der Waals surface area contributed by atoms with Crippen molar-refractivity contribution in [3.63, 3.8) is 0 Å². The predicted octanol–water partition coefficient (Wildman–Crippen LogP) is 8.65. The third kappa shape index (κ3) is 3.90. The lowest BCUT2D eigenvalue weighted by Crippen LogP contribution is -2.66. The van der Waals surface area contributed by atoms with Crippen molar-refractivity contribution in [2.24, 2.45) is 56.7 Å². The van der Waals surface area contributed by atoms with Crippen LogP contribution in [0.2, 0.25) is 0 Å². The molecule has 0 spiro atoms. The molecule has 230 valence electrons. The summed E-state index contributed by atoms with van der Waals surface area (Å²) >= 11 is 1.80. The molecule has 0 radical (unpaired) electrons. The van der Waals surface area contributed by atoms with Gasteiger partial charge in [0.2, 0.25) is 0 Å². The number of aromatic nitrogens is 2. The fourth-order valence-electron chi connectivity index (χ4n) is 12.7. The van der Waals surface area contributed by atoms with Gasteiger partial charge < -0.3 is 15.2 Å². The van der Waals surface area contributed by atoms with Gasteiger partial charge in [-0.05, 0) is 133 Å². The van der Waals surface area contributed by atoms with Crippen molar-refractivity contribution in [3.8, 4) is 0 Å². The lowest BCUT2D eigenvalue weighted by atomic mass is 9.32. The maximum atomic E-state index is 11.0. The van der Waals surface area contributed by atoms with Gasteiger partial charge in [0.15, 0.2) is 5.16 Å². The lowest BCUT2D eigenvalue weighted by Gasteiger charge is -2.73. The van der Waals surface area contributed by atoms with Gasteiger partial charge in [0, 0.05) is 12.4 Å². The number of fused-ring (bicyclic) bond motifs is 8. The Kier molecular flexibility index (Phi) is 6.90. The highest BCUT2D eigenvalue weighted by Crippen LogP contribution is 2.77. The molecule has 2 aromatic rings. The van der Waals surface area contributed by atoms with E-state index in [1.807, 2.05) is 6.07 Å². The third-order valence-corrected chi connectivity index (χ3v) is 16.2. The summed E-state index contributed by atoms with van der Waals surface area (Å²) in [5.74, 6) is 3.85. The molecule has 1 aromatic heterocycles. The van der Waals surface area contributed by atoms with E-state index in [4.69, 9.17) is 11.6 Å². The van der Waals surface area contributed by atoms with E-state index in [1.54, 1.807) is 11.8 Å². The van der Waals surface area contributed by atoms with Gasteiger partial charge in [0.05, 0.1) is 17.1 Å². The maximum Gasteiger partial charge on any atom is 0.166 e. The van der Waals surface area contributed by atoms with Crippen molar-refractivity contribution in [2.45, 2.75) is 110 Å². The highest BCUT2D eigenvalue weighted by Gasteiger charge is 2.70. The number of hydrogen-bond acceptors (Lipinski definition) is 4. The van der Waals surface area contributed by atoms with Crippen LogP contribution in [0.1, 0.15) is 98.8 Å². The molecule has 1 heterocycles. The SMILES string of the molecule is C=C(CSc1nc2ccccc2[nH]1)[C@@H]1CC[C@]2(CO)CC[C@]3(C)[C@H](CC[C@@H]4[C@@]5(C)CC[C@H](O)C(C)(C)[C@@H]5CC[C@]43C)[C@@H]12. The van der Waals surface area contributed by atoms with E-state index >= 15 is 0 Å². The van der Waals surface area contributed by atoms with Gasteiger partial charge in [-0.25, -0.2) is 4.98 Å². The first-order chi connectivity index (χ1) is 19.9. The number of aliphatic hydroxyl groups excluding tert-OH is 2. The van der Waals surface area contributed by atoms with Gasteiger partial charge in [0.25, 0.3) is 0 Å². The number of rotatable bonds is 5. The molecule has 4 nitrogen and oxygen atoms in total. The summed E-state index contributed by atoms with van der Waals surface area (Å²) in [6, 6.07) is 8.27. The molecular weight excluding hydrogens is 536 g/mol. The number of nitrogens with one attached hydrogen (secondary N) is 1. The van der Waals surface area contributed by atoms with Crippen LogP contribution in [0.4, 0.5) is 0 Å². The van der Waals surface area contributed by atoms with Crippen molar-refractivity contribution >= 4 is 22.8 Å². The summed E-state index contributed by atoms with van der Waals surface area (Å²) in [5.41, 5.74) is 4.42. The van der Waals surface area contributed by atoms with Gasteiger partial charge in [0.1, 0.15) is 0 Å². The molecular formula is C37H54N2O2S. The van der Waals surface area contributed by atoms with E-state index in [0.29, 0.717) is 47.0 Å². The van der Waals surface area contributed by atoms with Crippen LogP contribution in [0.3, 0.4) is 0 Å². The van der Waals surface area contributed by atoms with Crippen molar-refractivity contribution in [1.82, 2.24) is 9.97 Å². The Morgan fingerprint density at radius 3 is 2.48 bits per heavy atom. The molecule has 5 aliphatic rings. The Morgan fingerprint density at radius 1 is 0.929 bits per heavy atom. The number of aliphatic hydroxyl groups is 2. The third-order valence-electron chi connectivity index (χ3n) is 15.2. The number of thioether (sulfide) groups is 1. The number of imidazole rings is 1. The highest BCUT2D eigenvalue weighted by atomic mass is 32.2. The van der Waals surface area contributed by atoms with Crippen molar-refractivity contribution in [3.05, 3.63) is 36.4 Å². The molecule has 5 fully saturated rings. The minimum Gasteiger partial charge on any atom is -0.396 e. The van der Waals surface area contributed by atoms with Crippen LogP contribution in [0.25, 0.3) is 11.0 Å². The quantitative estimate of drug-likeness (QED) is 0.241. The molecule has 7 rings (SSSR count). The molecule has 5 aliphatic carbocycles. The second kappa shape index (κ2) is 9.85. The summed E-state index contributed by atoms with van der Waals surface area (Å²) in [7, 11) is 0. The Labute approximate surface area is 257 Å². The number of para-hydroxylation sites is 2. The molecule has 0 saturated heterocycles. The molecule has 0 amide bonds. The van der Waals surface area contributed by atoms with E-state index in [2.05, 4.69) is 57.8 Å². The van der Waals surface area contributed by atoms with Crippen LogP contribution < -0.4 is 0 Å². The first-order valence-corrected chi connectivity index (χ1v) is 17.9. The average Bonchev–Trinajstić information content (AvgIpc) is 3.56. The zero-order valence-electron chi connectivity index (χ0n) is 26.7. The minimum atomic E-state index is -0.172. The summed E-state index contributed by atoms with van der Waals surface area (Å²) in [6.07, 6.45) is 11.8. The summed E-state index contributed by atoms with van der Waals surface area (Å²) < 4.78 is 0. The zero-order chi connectivity index (χ0) is 29.7. The fraction of sp³-hybridized carbons (Fsp3) is 0.757. The molecule has 3 N–H and O–H groups in total. The van der Waals surface area contributed by atoms with E-state index in [0.717, 1.165) is 41.2 Å². The lowest BCUT2D eigenvalue weighted by molar-refractivity contribution is -0.249. The van der Waals surface area contributed by atoms with Crippen LogP contribution in [0.5, 0.6) is 0 Å². The highest BCUT2D eigenvalue weighted by molar-refractivity contribution is 7.99. The number of H-pyrrole nitrogens is 1. The molecule has 0 aliphatic heterocycles. The van der Waals surface area contributed by atoms with Crippen LogP contribution in [0.15, 0.2) is 41.6 Å². The first kappa shape index (κ1) is 29.4. The molecule has 5 saturated carbocycles. The van der Waals surface area contributed by atoms with Gasteiger partial charge >= 0.3 is 0 Å². The summed E-state index contributed by atoms with van der Waals surface area (Å²) in [6.45, 7) is 17.8. The van der Waals surface area contributed by atoms with E-state index < -0.39 is 0 Å². The summed E-state index contributed by atoms with van der Waals surface area (Å²) in [5, 5.41) is 23.0. The standard InChI is InChI=1S/C37H54N2O2S/c1-23(21-42-32-38-26-9-7-8-10-27(26)39-32)24-13-18-37(22-40)20-19-35(5)25(31(24)37)11-12-29-34(4)16-15-30(41)33(2,3)28(34)14-17-36(29,35)6/h7-10,24-25,28-31,40-41H,1,11-22H2,2-6H3,(H,38,39)/t24-,25+,28-,29+,30-,31+,34-,35+,36+,37+/m0/s1. The van der Waals surface area contributed by atoms with Crippen LogP contribution in [-0.4, -0.2) is 38.6 Å². The Hall–Kier alpha value is -1.30. The number of hydrogen-bond donors (Lipinski definition) is 3. The average molecular weight is 591 g/mol. The van der Waals surface area contributed by atoms with Crippen LogP contribution in [0, 0.1) is 56.7 Å². The van der Waals surface area contributed by atoms with E-state index in [-0.39, 0.29) is 22.3 Å². The topological polar surface area (TPSA) is 69.1 Å². The summed E-state index contributed by atoms with van der Waals surface area (Å²) in [4.78, 5) is 8.31. The molecule has 10 atom stereocenters. The van der Waals surface area contributed by atoms with E-state index in [9.17, 15) is 10.2 Å². The second-order valence-corrected chi connectivity index (χ2v) is 17.7. The van der Waals surface area contributed by atoms with E-state index in [1.165, 1.54) is 50.5 Å². The molecule has 0 unspecified atom stereocenters. The fourth-order valence-corrected chi connectivity index (χ4v) is 13.6. The second-order valence-electron chi connectivity index (χ2n) is 16.7. The minimum absolute atomic E-state index is 0.00348. The molecule has 5 heteroatoms.